The predicted molar refractivity (Wildman–Crippen MR) is 85.5 cm³/mol. The maximum absolute atomic E-state index is 13.3. The van der Waals surface area contributed by atoms with Crippen molar-refractivity contribution in [3.8, 4) is 0 Å². The van der Waals surface area contributed by atoms with E-state index in [1.54, 1.807) is 19.1 Å². The minimum atomic E-state index is -0.640. The van der Waals surface area contributed by atoms with Crippen LogP contribution < -0.4 is 0 Å². The summed E-state index contributed by atoms with van der Waals surface area (Å²) in [6.45, 7) is 3.82. The monoisotopic (exact) mass is 346 g/mol. The SMILES string of the molecule is CCc1nc(CN2C(=O)CN(Cc3cccc(F)c3)C(=O)[C@@H]2C)no1. The van der Waals surface area contributed by atoms with Gasteiger partial charge in [0, 0.05) is 13.0 Å². The lowest BCUT2D eigenvalue weighted by atomic mass is 10.1. The average molecular weight is 346 g/mol. The quantitative estimate of drug-likeness (QED) is 0.820. The Bertz CT molecular complexity index is 792. The molecule has 0 N–H and O–H groups in total. The lowest BCUT2D eigenvalue weighted by Gasteiger charge is -2.38. The fourth-order valence-electron chi connectivity index (χ4n) is 2.81. The Labute approximate surface area is 144 Å². The normalized spacial score (nSPS) is 18.1. The summed E-state index contributed by atoms with van der Waals surface area (Å²) in [7, 11) is 0. The van der Waals surface area contributed by atoms with E-state index in [-0.39, 0.29) is 37.3 Å². The molecule has 1 aliphatic rings. The van der Waals surface area contributed by atoms with Crippen molar-refractivity contribution in [1.82, 2.24) is 19.9 Å². The van der Waals surface area contributed by atoms with Gasteiger partial charge >= 0.3 is 0 Å². The fraction of sp³-hybridized carbons (Fsp3) is 0.412. The van der Waals surface area contributed by atoms with Gasteiger partial charge in [0.15, 0.2) is 5.82 Å². The second-order valence-electron chi connectivity index (χ2n) is 5.98. The van der Waals surface area contributed by atoms with Crippen LogP contribution in [0.4, 0.5) is 4.39 Å². The highest BCUT2D eigenvalue weighted by Crippen LogP contribution is 2.18. The van der Waals surface area contributed by atoms with Crippen LogP contribution in [0.3, 0.4) is 0 Å². The molecule has 1 saturated heterocycles. The summed E-state index contributed by atoms with van der Waals surface area (Å²) < 4.78 is 18.3. The number of benzene rings is 1. The van der Waals surface area contributed by atoms with Gasteiger partial charge in [-0.1, -0.05) is 24.2 Å². The molecule has 0 radical (unpaired) electrons. The minimum Gasteiger partial charge on any atom is -0.339 e. The minimum absolute atomic E-state index is 0.0574. The van der Waals surface area contributed by atoms with Gasteiger partial charge in [0.1, 0.15) is 18.4 Å². The van der Waals surface area contributed by atoms with Gasteiger partial charge in [0.2, 0.25) is 17.7 Å². The Hall–Kier alpha value is -2.77. The lowest BCUT2D eigenvalue weighted by molar-refractivity contribution is -0.156. The van der Waals surface area contributed by atoms with E-state index in [1.807, 2.05) is 6.92 Å². The highest BCUT2D eigenvalue weighted by Gasteiger charge is 2.37. The van der Waals surface area contributed by atoms with Gasteiger partial charge in [-0.2, -0.15) is 4.98 Å². The highest BCUT2D eigenvalue weighted by atomic mass is 19.1. The van der Waals surface area contributed by atoms with Crippen molar-refractivity contribution in [2.45, 2.75) is 39.4 Å². The number of aryl methyl sites for hydroxylation is 1. The summed E-state index contributed by atoms with van der Waals surface area (Å²) in [6.07, 6.45) is 0.608. The van der Waals surface area contributed by atoms with Gasteiger partial charge in [-0.3, -0.25) is 9.59 Å². The van der Waals surface area contributed by atoms with E-state index >= 15 is 0 Å². The molecule has 1 fully saturated rings. The molecule has 0 saturated carbocycles. The summed E-state index contributed by atoms with van der Waals surface area (Å²) in [5, 5.41) is 3.82. The van der Waals surface area contributed by atoms with Gasteiger partial charge < -0.3 is 14.3 Å². The molecule has 2 heterocycles. The molecule has 1 aliphatic heterocycles. The van der Waals surface area contributed by atoms with Crippen molar-refractivity contribution in [2.24, 2.45) is 0 Å². The topological polar surface area (TPSA) is 79.5 Å². The molecule has 3 rings (SSSR count). The molecule has 0 spiro atoms. The molecule has 0 bridgehead atoms. The van der Waals surface area contributed by atoms with Gasteiger partial charge in [-0.05, 0) is 24.6 Å². The summed E-state index contributed by atoms with van der Waals surface area (Å²) in [6, 6.07) is 5.37. The lowest BCUT2D eigenvalue weighted by Crippen LogP contribution is -2.58. The number of aromatic nitrogens is 2. The van der Waals surface area contributed by atoms with E-state index in [2.05, 4.69) is 10.1 Å². The van der Waals surface area contributed by atoms with Crippen LogP contribution in [-0.2, 0) is 29.1 Å². The van der Waals surface area contributed by atoms with Gasteiger partial charge in [0.25, 0.3) is 0 Å². The molecule has 2 amide bonds. The molecule has 1 aromatic heterocycles. The zero-order chi connectivity index (χ0) is 18.0. The first-order valence-electron chi connectivity index (χ1n) is 8.12. The highest BCUT2D eigenvalue weighted by molar-refractivity contribution is 5.94. The molecule has 0 aliphatic carbocycles. The van der Waals surface area contributed by atoms with E-state index in [9.17, 15) is 14.0 Å². The van der Waals surface area contributed by atoms with Gasteiger partial charge in [-0.25, -0.2) is 4.39 Å². The molecular formula is C17H19FN4O3. The van der Waals surface area contributed by atoms with E-state index in [0.717, 1.165) is 0 Å². The molecule has 25 heavy (non-hydrogen) atoms. The number of carbonyl (C=O) groups is 2. The third-order valence-electron chi connectivity index (χ3n) is 4.17. The molecule has 132 valence electrons. The van der Waals surface area contributed by atoms with Crippen molar-refractivity contribution >= 4 is 11.8 Å². The van der Waals surface area contributed by atoms with Crippen molar-refractivity contribution in [3.63, 3.8) is 0 Å². The second-order valence-corrected chi connectivity index (χ2v) is 5.98. The van der Waals surface area contributed by atoms with E-state index in [1.165, 1.54) is 21.9 Å². The predicted octanol–water partition coefficient (Wildman–Crippen LogP) is 1.53. The van der Waals surface area contributed by atoms with E-state index in [4.69, 9.17) is 4.52 Å². The number of carbonyl (C=O) groups excluding carboxylic acids is 2. The molecule has 0 unspecified atom stereocenters. The number of amides is 2. The molecule has 1 aromatic carbocycles. The number of rotatable bonds is 5. The zero-order valence-electron chi connectivity index (χ0n) is 14.1. The van der Waals surface area contributed by atoms with Crippen LogP contribution in [0.5, 0.6) is 0 Å². The van der Waals surface area contributed by atoms with Crippen LogP contribution in [0.2, 0.25) is 0 Å². The maximum Gasteiger partial charge on any atom is 0.245 e. The third-order valence-corrected chi connectivity index (χ3v) is 4.17. The smallest absolute Gasteiger partial charge is 0.245 e. The number of piperazine rings is 1. The van der Waals surface area contributed by atoms with Gasteiger partial charge in [0.05, 0.1) is 6.54 Å². The first kappa shape index (κ1) is 17.1. The first-order valence-corrected chi connectivity index (χ1v) is 8.12. The molecule has 7 nitrogen and oxygen atoms in total. The molecule has 2 aromatic rings. The first-order chi connectivity index (χ1) is 12.0. The number of halogens is 1. The van der Waals surface area contributed by atoms with Crippen LogP contribution in [0.1, 0.15) is 31.1 Å². The molecular weight excluding hydrogens is 327 g/mol. The standard InChI is InChI=1S/C17H19FN4O3/c1-3-15-19-14(20-25-15)9-22-11(2)17(24)21(10-16(22)23)8-12-5-4-6-13(18)7-12/h4-7,11H,3,8-10H2,1-2H3/t11-/m0/s1. The Balaban J connectivity index is 1.70. The molecule has 1 atom stereocenters. The number of hydrogen-bond acceptors (Lipinski definition) is 5. The van der Waals surface area contributed by atoms with Crippen LogP contribution >= 0.6 is 0 Å². The van der Waals surface area contributed by atoms with Crippen LogP contribution in [-0.4, -0.2) is 44.3 Å². The summed E-state index contributed by atoms with van der Waals surface area (Å²) >= 11 is 0. The summed E-state index contributed by atoms with van der Waals surface area (Å²) in [5.41, 5.74) is 0.646. The van der Waals surface area contributed by atoms with Crippen molar-refractivity contribution < 1.29 is 18.5 Å². The van der Waals surface area contributed by atoms with Crippen molar-refractivity contribution in [3.05, 3.63) is 47.4 Å². The summed E-state index contributed by atoms with van der Waals surface area (Å²) in [4.78, 5) is 32.1. The zero-order valence-corrected chi connectivity index (χ0v) is 14.1. The van der Waals surface area contributed by atoms with Crippen LogP contribution in [0.25, 0.3) is 0 Å². The Morgan fingerprint density at radius 2 is 2.12 bits per heavy atom. The largest absolute Gasteiger partial charge is 0.339 e. The second kappa shape index (κ2) is 7.00. The Kier molecular flexibility index (Phi) is 4.78. The average Bonchev–Trinajstić information content (AvgIpc) is 3.04. The van der Waals surface area contributed by atoms with E-state index in [0.29, 0.717) is 23.7 Å². The van der Waals surface area contributed by atoms with Crippen LogP contribution in [0.15, 0.2) is 28.8 Å². The van der Waals surface area contributed by atoms with Gasteiger partial charge in [-0.15, -0.1) is 0 Å². The van der Waals surface area contributed by atoms with Crippen LogP contribution in [0, 0.1) is 5.82 Å². The maximum atomic E-state index is 13.3. The van der Waals surface area contributed by atoms with Crippen molar-refractivity contribution in [2.75, 3.05) is 6.54 Å². The Morgan fingerprint density at radius 1 is 1.32 bits per heavy atom. The third kappa shape index (κ3) is 3.67. The fourth-order valence-corrected chi connectivity index (χ4v) is 2.81. The van der Waals surface area contributed by atoms with Crippen molar-refractivity contribution in [1.29, 1.82) is 0 Å². The Morgan fingerprint density at radius 3 is 2.80 bits per heavy atom. The number of nitrogens with zero attached hydrogens (tertiary/aromatic N) is 4. The summed E-state index contributed by atoms with van der Waals surface area (Å²) in [5.74, 6) is 0.107. The molecule has 8 heteroatoms. The van der Waals surface area contributed by atoms with E-state index < -0.39 is 6.04 Å². The number of hydrogen-bond donors (Lipinski definition) is 0.